The molecule has 146 valence electrons. The summed E-state index contributed by atoms with van der Waals surface area (Å²) in [7, 11) is -2.21. The molecule has 0 saturated carbocycles. The van der Waals surface area contributed by atoms with Gasteiger partial charge in [-0.3, -0.25) is 9.10 Å². The fourth-order valence-corrected chi connectivity index (χ4v) is 3.93. The first kappa shape index (κ1) is 19.6. The summed E-state index contributed by atoms with van der Waals surface area (Å²) in [5, 5.41) is 2.86. The lowest BCUT2D eigenvalue weighted by Crippen LogP contribution is -2.28. The van der Waals surface area contributed by atoms with Gasteiger partial charge in [-0.15, -0.1) is 0 Å². The maximum Gasteiger partial charge on any atom is 0.264 e. The van der Waals surface area contributed by atoms with Gasteiger partial charge in [-0.25, -0.2) is 13.4 Å². The number of aryl methyl sites for hydroxylation is 1. The molecule has 7 nitrogen and oxygen atoms in total. The van der Waals surface area contributed by atoms with Crippen LogP contribution in [0.5, 0.6) is 0 Å². The van der Waals surface area contributed by atoms with E-state index >= 15 is 0 Å². The zero-order valence-electron chi connectivity index (χ0n) is 15.5. The minimum atomic E-state index is -3.69. The normalized spacial score (nSPS) is 11.2. The molecule has 0 saturated heterocycles. The second kappa shape index (κ2) is 8.71. The number of nitrogens with zero attached hydrogens (tertiary/aromatic N) is 3. The Morgan fingerprint density at radius 3 is 2.64 bits per heavy atom. The highest BCUT2D eigenvalue weighted by Crippen LogP contribution is 2.22. The number of hydrogen-bond donors (Lipinski definition) is 1. The fraction of sp³-hybridized carbons (Fsp3) is 0.200. The average molecular weight is 398 g/mol. The second-order valence-electron chi connectivity index (χ2n) is 6.25. The van der Waals surface area contributed by atoms with Crippen molar-refractivity contribution < 1.29 is 13.2 Å². The molecule has 0 fully saturated rings. The molecule has 2 aromatic carbocycles. The van der Waals surface area contributed by atoms with Crippen LogP contribution < -0.4 is 9.62 Å². The van der Waals surface area contributed by atoms with Gasteiger partial charge in [0.2, 0.25) is 0 Å². The Hall–Kier alpha value is -3.13. The molecular weight excluding hydrogens is 376 g/mol. The topological polar surface area (TPSA) is 84.3 Å². The van der Waals surface area contributed by atoms with Gasteiger partial charge >= 0.3 is 0 Å². The van der Waals surface area contributed by atoms with Gasteiger partial charge in [0.25, 0.3) is 15.9 Å². The van der Waals surface area contributed by atoms with Crippen molar-refractivity contribution in [3.05, 3.63) is 78.9 Å². The molecule has 0 spiro atoms. The number of carbonyl (C=O) groups excluding carboxylic acids is 1. The van der Waals surface area contributed by atoms with Crippen molar-refractivity contribution in [2.45, 2.75) is 17.9 Å². The molecule has 1 aromatic heterocycles. The average Bonchev–Trinajstić information content (AvgIpc) is 3.25. The zero-order chi connectivity index (χ0) is 20.0. The monoisotopic (exact) mass is 398 g/mol. The molecule has 3 aromatic rings. The predicted octanol–water partition coefficient (Wildman–Crippen LogP) is 2.53. The molecule has 0 aliphatic carbocycles. The van der Waals surface area contributed by atoms with Gasteiger partial charge < -0.3 is 9.88 Å². The minimum Gasteiger partial charge on any atom is -0.352 e. The van der Waals surface area contributed by atoms with E-state index in [1.165, 1.54) is 11.4 Å². The molecule has 3 rings (SSSR count). The SMILES string of the molecule is CN(c1cccc(C(=O)NCCCn2ccnc2)c1)S(=O)(=O)c1ccccc1. The van der Waals surface area contributed by atoms with Crippen LogP contribution >= 0.6 is 0 Å². The maximum atomic E-state index is 12.8. The Bertz CT molecular complexity index is 1020. The number of nitrogens with one attached hydrogen (secondary N) is 1. The lowest BCUT2D eigenvalue weighted by atomic mass is 10.2. The highest BCUT2D eigenvalue weighted by atomic mass is 32.2. The van der Waals surface area contributed by atoms with E-state index in [1.54, 1.807) is 67.1 Å². The first-order valence-corrected chi connectivity index (χ1v) is 10.3. The minimum absolute atomic E-state index is 0.201. The Balaban J connectivity index is 1.65. The predicted molar refractivity (Wildman–Crippen MR) is 108 cm³/mol. The van der Waals surface area contributed by atoms with Crippen molar-refractivity contribution in [3.8, 4) is 0 Å². The Kier molecular flexibility index (Phi) is 6.10. The van der Waals surface area contributed by atoms with Crippen LogP contribution in [0, 0.1) is 0 Å². The lowest BCUT2D eigenvalue weighted by molar-refractivity contribution is 0.0952. The fourth-order valence-electron chi connectivity index (χ4n) is 2.72. The largest absolute Gasteiger partial charge is 0.352 e. The molecule has 1 heterocycles. The molecule has 28 heavy (non-hydrogen) atoms. The van der Waals surface area contributed by atoms with Crippen LogP contribution in [-0.2, 0) is 16.6 Å². The van der Waals surface area contributed by atoms with Gasteiger partial charge in [-0.05, 0) is 36.8 Å². The third kappa shape index (κ3) is 4.58. The summed E-state index contributed by atoms with van der Waals surface area (Å²) in [6, 6.07) is 14.8. The Labute approximate surface area is 164 Å². The van der Waals surface area contributed by atoms with Gasteiger partial charge in [0.1, 0.15) is 0 Å². The summed E-state index contributed by atoms with van der Waals surface area (Å²) in [6.07, 6.45) is 6.08. The summed E-state index contributed by atoms with van der Waals surface area (Å²) >= 11 is 0. The number of benzene rings is 2. The van der Waals surface area contributed by atoms with Crippen molar-refractivity contribution in [3.63, 3.8) is 0 Å². The van der Waals surface area contributed by atoms with Gasteiger partial charge in [0.05, 0.1) is 16.9 Å². The number of imidazole rings is 1. The standard InChI is InChI=1S/C20H22N4O3S/c1-23(28(26,27)19-9-3-2-4-10-19)18-8-5-7-17(15-18)20(25)22-11-6-13-24-14-12-21-16-24/h2-5,7-10,12,14-16H,6,11,13H2,1H3,(H,22,25). The van der Waals surface area contributed by atoms with Crippen LogP contribution in [0.3, 0.4) is 0 Å². The number of aromatic nitrogens is 2. The summed E-state index contributed by atoms with van der Waals surface area (Å²) in [4.78, 5) is 16.6. The van der Waals surface area contributed by atoms with Gasteiger partial charge in [-0.2, -0.15) is 0 Å². The third-order valence-electron chi connectivity index (χ3n) is 4.31. The van der Waals surface area contributed by atoms with Gasteiger partial charge in [0, 0.05) is 38.1 Å². The van der Waals surface area contributed by atoms with Crippen LogP contribution in [0.25, 0.3) is 0 Å². The molecule has 0 atom stereocenters. The van der Waals surface area contributed by atoms with Crippen LogP contribution in [0.2, 0.25) is 0 Å². The van der Waals surface area contributed by atoms with E-state index in [-0.39, 0.29) is 10.8 Å². The van der Waals surface area contributed by atoms with Gasteiger partial charge in [0.15, 0.2) is 0 Å². The highest BCUT2D eigenvalue weighted by Gasteiger charge is 2.21. The first-order valence-electron chi connectivity index (χ1n) is 8.86. The molecular formula is C20H22N4O3S. The third-order valence-corrected chi connectivity index (χ3v) is 6.11. The van der Waals surface area contributed by atoms with Crippen LogP contribution in [-0.4, -0.2) is 37.5 Å². The van der Waals surface area contributed by atoms with E-state index in [2.05, 4.69) is 10.3 Å². The number of anilines is 1. The van der Waals surface area contributed by atoms with Crippen molar-refractivity contribution >= 4 is 21.6 Å². The molecule has 0 aliphatic rings. The summed E-state index contributed by atoms with van der Waals surface area (Å²) in [5.74, 6) is -0.238. The van der Waals surface area contributed by atoms with E-state index in [0.717, 1.165) is 13.0 Å². The molecule has 8 heteroatoms. The zero-order valence-corrected chi connectivity index (χ0v) is 16.3. The number of rotatable bonds is 8. The second-order valence-corrected chi connectivity index (χ2v) is 8.22. The van der Waals surface area contributed by atoms with E-state index in [1.807, 2.05) is 10.8 Å². The summed E-state index contributed by atoms with van der Waals surface area (Å²) < 4.78 is 28.6. The van der Waals surface area contributed by atoms with Crippen LogP contribution in [0.4, 0.5) is 5.69 Å². The van der Waals surface area contributed by atoms with Crippen molar-refractivity contribution in [2.24, 2.45) is 0 Å². The first-order chi connectivity index (χ1) is 13.5. The number of amides is 1. The van der Waals surface area contributed by atoms with E-state index in [0.29, 0.717) is 17.8 Å². The van der Waals surface area contributed by atoms with E-state index in [9.17, 15) is 13.2 Å². The van der Waals surface area contributed by atoms with Crippen LogP contribution in [0.15, 0.2) is 78.2 Å². The van der Waals surface area contributed by atoms with Crippen molar-refractivity contribution in [1.29, 1.82) is 0 Å². The van der Waals surface area contributed by atoms with Crippen molar-refractivity contribution in [2.75, 3.05) is 17.9 Å². The Morgan fingerprint density at radius 1 is 1.14 bits per heavy atom. The van der Waals surface area contributed by atoms with Gasteiger partial charge in [-0.1, -0.05) is 24.3 Å². The van der Waals surface area contributed by atoms with Crippen LogP contribution in [0.1, 0.15) is 16.8 Å². The molecule has 0 bridgehead atoms. The number of carbonyl (C=O) groups is 1. The quantitative estimate of drug-likeness (QED) is 0.591. The molecule has 1 N–H and O–H groups in total. The molecule has 0 unspecified atom stereocenters. The number of hydrogen-bond acceptors (Lipinski definition) is 4. The highest BCUT2D eigenvalue weighted by molar-refractivity contribution is 7.92. The Morgan fingerprint density at radius 2 is 1.93 bits per heavy atom. The molecule has 1 amide bonds. The lowest BCUT2D eigenvalue weighted by Gasteiger charge is -2.20. The maximum absolute atomic E-state index is 12.8. The van der Waals surface area contributed by atoms with Crippen molar-refractivity contribution in [1.82, 2.24) is 14.9 Å². The van der Waals surface area contributed by atoms with E-state index in [4.69, 9.17) is 0 Å². The molecule has 0 aliphatic heterocycles. The summed E-state index contributed by atoms with van der Waals surface area (Å²) in [5.41, 5.74) is 0.838. The smallest absolute Gasteiger partial charge is 0.264 e. The molecule has 0 radical (unpaired) electrons. The number of sulfonamides is 1. The van der Waals surface area contributed by atoms with E-state index < -0.39 is 10.0 Å². The summed E-state index contributed by atoms with van der Waals surface area (Å²) in [6.45, 7) is 1.28.